The molecule has 1 aromatic carbocycles. The van der Waals surface area contributed by atoms with E-state index in [-0.39, 0.29) is 49.7 Å². The number of nitrogens with zero attached hydrogens (tertiary/aromatic N) is 4. The van der Waals surface area contributed by atoms with Crippen LogP contribution in [0.25, 0.3) is 22.4 Å². The molecule has 0 aliphatic rings. The first-order valence-electron chi connectivity index (χ1n) is 11.7. The third-order valence-electron chi connectivity index (χ3n) is 5.95. The molecule has 38 heavy (non-hydrogen) atoms. The number of pyridine rings is 1. The molecule has 0 aliphatic carbocycles. The summed E-state index contributed by atoms with van der Waals surface area (Å²) in [6.07, 6.45) is 3.15. The molecule has 3 aromatic heterocycles. The molecule has 0 saturated heterocycles. The number of hydrogen-bond donors (Lipinski definition) is 1. The second kappa shape index (κ2) is 10.4. The fourth-order valence-electron chi connectivity index (χ4n) is 3.71. The SMILES string of the molecule is CC(=O)SC[C@@H](Nc1nc(-c2cn(S(=O)(=O)c3ccc(C)cc3)c3ncc(F)cc23)ncc1F)C(C)(C)C. The number of hydrogen-bond acceptors (Lipinski definition) is 8. The maximum Gasteiger partial charge on any atom is 0.269 e. The number of carbonyl (C=O) groups excluding carboxylic acids is 1. The molecule has 4 aromatic rings. The van der Waals surface area contributed by atoms with E-state index < -0.39 is 21.7 Å². The number of thioether (sulfide) groups is 1. The Kier molecular flexibility index (Phi) is 7.57. The Balaban J connectivity index is 1.83. The Morgan fingerprint density at radius 3 is 2.45 bits per heavy atom. The standard InChI is InChI=1S/C26H27F2N5O3S2/c1-15-6-8-18(9-7-15)38(35,36)33-13-20(19-10-17(27)11-30-25(19)33)23-29-12-21(28)24(32-23)31-22(26(3,4)5)14-37-16(2)34/h6-13,22H,14H2,1-5H3,(H,29,31,32)/t22-/m1/s1. The van der Waals surface area contributed by atoms with E-state index in [1.807, 2.05) is 27.7 Å². The van der Waals surface area contributed by atoms with Gasteiger partial charge in [-0.25, -0.2) is 36.1 Å². The van der Waals surface area contributed by atoms with Crippen LogP contribution < -0.4 is 5.32 Å². The number of rotatable bonds is 7. The van der Waals surface area contributed by atoms with Crippen molar-refractivity contribution in [3.63, 3.8) is 0 Å². The van der Waals surface area contributed by atoms with Gasteiger partial charge in [-0.15, -0.1) is 0 Å². The molecule has 0 unspecified atom stereocenters. The lowest BCUT2D eigenvalue weighted by molar-refractivity contribution is -0.109. The van der Waals surface area contributed by atoms with Gasteiger partial charge in [0.2, 0.25) is 0 Å². The van der Waals surface area contributed by atoms with Gasteiger partial charge in [-0.1, -0.05) is 50.2 Å². The highest BCUT2D eigenvalue weighted by Crippen LogP contribution is 2.33. The van der Waals surface area contributed by atoms with Crippen molar-refractivity contribution >= 4 is 43.8 Å². The van der Waals surface area contributed by atoms with Crippen LogP contribution in [0.4, 0.5) is 14.6 Å². The summed E-state index contributed by atoms with van der Waals surface area (Å²) in [4.78, 5) is 24.0. The van der Waals surface area contributed by atoms with Crippen molar-refractivity contribution in [2.24, 2.45) is 5.41 Å². The molecule has 1 atom stereocenters. The first kappa shape index (κ1) is 27.6. The van der Waals surface area contributed by atoms with Crippen molar-refractivity contribution in [3.8, 4) is 11.4 Å². The number of fused-ring (bicyclic) bond motifs is 1. The lowest BCUT2D eigenvalue weighted by atomic mass is 9.88. The second-order valence-corrected chi connectivity index (χ2v) is 12.9. The Morgan fingerprint density at radius 2 is 1.82 bits per heavy atom. The Hall–Kier alpha value is -3.38. The molecule has 4 rings (SSSR count). The molecule has 8 nitrogen and oxygen atoms in total. The number of halogens is 2. The number of carbonyl (C=O) groups is 1. The number of nitrogens with one attached hydrogen (secondary N) is 1. The number of aromatic nitrogens is 4. The van der Waals surface area contributed by atoms with Crippen LogP contribution >= 0.6 is 11.8 Å². The predicted molar refractivity (Wildman–Crippen MR) is 144 cm³/mol. The van der Waals surface area contributed by atoms with Crippen LogP contribution in [-0.4, -0.2) is 44.3 Å². The molecule has 0 spiro atoms. The summed E-state index contributed by atoms with van der Waals surface area (Å²) >= 11 is 1.11. The van der Waals surface area contributed by atoms with Crippen LogP contribution in [0, 0.1) is 24.0 Å². The molecule has 0 bridgehead atoms. The largest absolute Gasteiger partial charge is 0.363 e. The van der Waals surface area contributed by atoms with E-state index in [0.717, 1.165) is 39.8 Å². The molecule has 1 N–H and O–H groups in total. The molecule has 0 amide bonds. The topological polar surface area (TPSA) is 107 Å². The second-order valence-electron chi connectivity index (χ2n) is 9.94. The molecule has 0 radical (unpaired) electrons. The molecule has 3 heterocycles. The third kappa shape index (κ3) is 5.70. The van der Waals surface area contributed by atoms with Gasteiger partial charge in [0.05, 0.1) is 17.3 Å². The van der Waals surface area contributed by atoms with Gasteiger partial charge in [0.1, 0.15) is 5.82 Å². The summed E-state index contributed by atoms with van der Waals surface area (Å²) in [6, 6.07) is 7.09. The lowest BCUT2D eigenvalue weighted by Gasteiger charge is -2.31. The third-order valence-corrected chi connectivity index (χ3v) is 8.52. The van der Waals surface area contributed by atoms with Gasteiger partial charge >= 0.3 is 0 Å². The van der Waals surface area contributed by atoms with E-state index in [9.17, 15) is 22.0 Å². The van der Waals surface area contributed by atoms with Gasteiger partial charge in [-0.05, 0) is 30.5 Å². The van der Waals surface area contributed by atoms with E-state index in [2.05, 4.69) is 20.3 Å². The van der Waals surface area contributed by atoms with E-state index >= 15 is 0 Å². The first-order chi connectivity index (χ1) is 17.8. The maximum absolute atomic E-state index is 14.8. The summed E-state index contributed by atoms with van der Waals surface area (Å²) in [6.45, 7) is 9.14. The smallest absolute Gasteiger partial charge is 0.269 e. The highest BCUT2D eigenvalue weighted by molar-refractivity contribution is 8.13. The molecule has 0 fully saturated rings. The molecule has 0 aliphatic heterocycles. The summed E-state index contributed by atoms with van der Waals surface area (Å²) in [5.41, 5.74) is 0.675. The van der Waals surface area contributed by atoms with E-state index in [4.69, 9.17) is 0 Å². The summed E-state index contributed by atoms with van der Waals surface area (Å²) in [7, 11) is -4.10. The molecular weight excluding hydrogens is 532 g/mol. The number of aryl methyl sites for hydroxylation is 1. The highest BCUT2D eigenvalue weighted by atomic mass is 32.2. The molecule has 12 heteroatoms. The Labute approximate surface area is 224 Å². The lowest BCUT2D eigenvalue weighted by Crippen LogP contribution is -2.37. The summed E-state index contributed by atoms with van der Waals surface area (Å²) in [5, 5.41) is 3.15. The Morgan fingerprint density at radius 1 is 1.13 bits per heavy atom. The van der Waals surface area contributed by atoms with Crippen molar-refractivity contribution in [1.82, 2.24) is 18.9 Å². The zero-order valence-corrected chi connectivity index (χ0v) is 23.1. The first-order valence-corrected chi connectivity index (χ1v) is 14.1. The van der Waals surface area contributed by atoms with E-state index in [1.165, 1.54) is 25.3 Å². The fraction of sp³-hybridized carbons (Fsp3) is 0.308. The van der Waals surface area contributed by atoms with Crippen LogP contribution in [0.5, 0.6) is 0 Å². The number of anilines is 1. The van der Waals surface area contributed by atoms with Crippen molar-refractivity contribution in [2.45, 2.75) is 45.6 Å². The monoisotopic (exact) mass is 559 g/mol. The van der Waals surface area contributed by atoms with Gasteiger partial charge in [0.15, 0.2) is 28.2 Å². The van der Waals surface area contributed by atoms with Gasteiger partial charge in [-0.2, -0.15) is 0 Å². The number of benzene rings is 1. The van der Waals surface area contributed by atoms with Gasteiger partial charge in [0.25, 0.3) is 10.0 Å². The van der Waals surface area contributed by atoms with Crippen LogP contribution in [0.15, 0.2) is 53.8 Å². The van der Waals surface area contributed by atoms with E-state index in [1.54, 1.807) is 12.1 Å². The molecular formula is C26H27F2N5O3S2. The minimum atomic E-state index is -4.10. The highest BCUT2D eigenvalue weighted by Gasteiger charge is 2.28. The predicted octanol–water partition coefficient (Wildman–Crippen LogP) is 5.42. The normalized spacial score (nSPS) is 13.0. The average molecular weight is 560 g/mol. The summed E-state index contributed by atoms with van der Waals surface area (Å²) in [5.74, 6) is -1.17. The van der Waals surface area contributed by atoms with Gasteiger partial charge in [0, 0.05) is 35.9 Å². The van der Waals surface area contributed by atoms with Crippen molar-refractivity contribution in [1.29, 1.82) is 0 Å². The zero-order valence-electron chi connectivity index (χ0n) is 21.5. The van der Waals surface area contributed by atoms with Crippen molar-refractivity contribution < 1.29 is 22.0 Å². The zero-order chi connectivity index (χ0) is 27.8. The van der Waals surface area contributed by atoms with Crippen LogP contribution in [-0.2, 0) is 14.8 Å². The fourth-order valence-corrected chi connectivity index (χ4v) is 6.02. The molecule has 0 saturated carbocycles. The van der Waals surface area contributed by atoms with Crippen LogP contribution in [0.3, 0.4) is 0 Å². The minimum absolute atomic E-state index is 0.0176. The quantitative estimate of drug-likeness (QED) is 0.320. The Bertz CT molecular complexity index is 1610. The van der Waals surface area contributed by atoms with Crippen LogP contribution in [0.1, 0.15) is 33.3 Å². The maximum atomic E-state index is 14.8. The van der Waals surface area contributed by atoms with Gasteiger partial charge < -0.3 is 5.32 Å². The molecule has 200 valence electrons. The van der Waals surface area contributed by atoms with E-state index in [0.29, 0.717) is 5.75 Å². The van der Waals surface area contributed by atoms with Crippen molar-refractivity contribution in [3.05, 3.63) is 66.1 Å². The van der Waals surface area contributed by atoms with Crippen LogP contribution in [0.2, 0.25) is 0 Å². The van der Waals surface area contributed by atoms with Gasteiger partial charge in [-0.3, -0.25) is 4.79 Å². The average Bonchev–Trinajstić information content (AvgIpc) is 3.21. The minimum Gasteiger partial charge on any atom is -0.363 e. The van der Waals surface area contributed by atoms with Crippen molar-refractivity contribution in [2.75, 3.05) is 11.1 Å². The summed E-state index contributed by atoms with van der Waals surface area (Å²) < 4.78 is 57.0.